The van der Waals surface area contributed by atoms with Gasteiger partial charge < -0.3 is 9.84 Å². The van der Waals surface area contributed by atoms with Crippen molar-refractivity contribution >= 4 is 16.0 Å². The van der Waals surface area contributed by atoms with Crippen molar-refractivity contribution < 1.29 is 23.1 Å². The number of para-hydroxylation sites is 1. The van der Waals surface area contributed by atoms with Crippen molar-refractivity contribution in [2.75, 3.05) is 12.9 Å². The monoisotopic (exact) mass is 301 g/mol. The maximum atomic E-state index is 11.9. The molecule has 20 heavy (non-hydrogen) atoms. The van der Waals surface area contributed by atoms with E-state index in [1.807, 2.05) is 0 Å². The van der Waals surface area contributed by atoms with E-state index in [1.54, 1.807) is 31.2 Å². The number of rotatable bonds is 8. The van der Waals surface area contributed by atoms with Crippen molar-refractivity contribution in [1.29, 1.82) is 0 Å². The lowest BCUT2D eigenvalue weighted by molar-refractivity contribution is -0.137. The molecule has 0 aliphatic heterocycles. The number of ether oxygens (including phenoxy) is 1. The highest BCUT2D eigenvalue weighted by atomic mass is 32.2. The predicted molar refractivity (Wildman–Crippen MR) is 75.2 cm³/mol. The van der Waals surface area contributed by atoms with Crippen molar-refractivity contribution in [1.82, 2.24) is 4.72 Å². The first-order valence-corrected chi connectivity index (χ1v) is 7.85. The van der Waals surface area contributed by atoms with Crippen LogP contribution in [0, 0.1) is 0 Å². The molecular formula is C13H19NO5S. The molecule has 0 aliphatic carbocycles. The third-order valence-corrected chi connectivity index (χ3v) is 4.30. The molecule has 0 heterocycles. The molecule has 1 atom stereocenters. The maximum absolute atomic E-state index is 11.9. The number of hydrogen-bond donors (Lipinski definition) is 2. The molecule has 1 unspecified atom stereocenters. The van der Waals surface area contributed by atoms with Gasteiger partial charge in [-0.05, 0) is 19.4 Å². The minimum absolute atomic E-state index is 0.0866. The molecule has 0 aliphatic rings. The molecule has 6 nitrogen and oxygen atoms in total. The number of aliphatic carboxylic acids is 1. The van der Waals surface area contributed by atoms with Crippen molar-refractivity contribution in [3.05, 3.63) is 29.8 Å². The Labute approximate surface area is 118 Å². The number of sulfonamides is 1. The number of methoxy groups -OCH3 is 1. The lowest BCUT2D eigenvalue weighted by Crippen LogP contribution is -2.29. The Morgan fingerprint density at radius 1 is 1.40 bits per heavy atom. The molecule has 0 saturated heterocycles. The number of hydrogen-bond acceptors (Lipinski definition) is 4. The van der Waals surface area contributed by atoms with Crippen LogP contribution in [0.15, 0.2) is 24.3 Å². The first kappa shape index (κ1) is 16.5. The molecule has 0 aromatic heterocycles. The van der Waals surface area contributed by atoms with Gasteiger partial charge in [0.05, 0.1) is 12.9 Å². The van der Waals surface area contributed by atoms with Gasteiger partial charge in [0.2, 0.25) is 10.0 Å². The molecule has 0 bridgehead atoms. The molecular weight excluding hydrogens is 282 g/mol. The predicted octanol–water partition coefficient (Wildman–Crippen LogP) is 1.54. The van der Waals surface area contributed by atoms with E-state index in [2.05, 4.69) is 4.72 Å². The molecule has 1 rings (SSSR count). The van der Waals surface area contributed by atoms with E-state index in [0.717, 1.165) is 5.56 Å². The van der Waals surface area contributed by atoms with E-state index >= 15 is 0 Å². The van der Waals surface area contributed by atoms with Gasteiger partial charge in [0.1, 0.15) is 5.75 Å². The van der Waals surface area contributed by atoms with E-state index in [-0.39, 0.29) is 18.6 Å². The van der Waals surface area contributed by atoms with Crippen LogP contribution < -0.4 is 9.46 Å². The molecule has 0 spiro atoms. The summed E-state index contributed by atoms with van der Waals surface area (Å²) in [6.07, 6.45) is -0.0761. The fourth-order valence-corrected chi connectivity index (χ4v) is 3.14. The summed E-state index contributed by atoms with van der Waals surface area (Å²) < 4.78 is 31.4. The minimum Gasteiger partial charge on any atom is -0.496 e. The lowest BCUT2D eigenvalue weighted by Gasteiger charge is -2.17. The summed E-state index contributed by atoms with van der Waals surface area (Å²) >= 11 is 0. The van der Waals surface area contributed by atoms with Gasteiger partial charge in [-0.2, -0.15) is 0 Å². The first-order chi connectivity index (χ1) is 9.35. The van der Waals surface area contributed by atoms with Crippen molar-refractivity contribution in [3.63, 3.8) is 0 Å². The molecule has 1 aromatic rings. The topological polar surface area (TPSA) is 92.7 Å². The summed E-state index contributed by atoms with van der Waals surface area (Å²) in [7, 11) is -2.00. The number of carbonyl (C=O) groups is 1. The second kappa shape index (κ2) is 7.25. The highest BCUT2D eigenvalue weighted by Gasteiger charge is 2.18. The summed E-state index contributed by atoms with van der Waals surface area (Å²) in [4.78, 5) is 10.4. The van der Waals surface area contributed by atoms with Crippen LogP contribution in [0.3, 0.4) is 0 Å². The number of nitrogens with one attached hydrogen (secondary N) is 1. The Bertz CT molecular complexity index is 556. The van der Waals surface area contributed by atoms with Crippen molar-refractivity contribution in [3.8, 4) is 5.75 Å². The Balaban J connectivity index is 2.69. The normalized spacial score (nSPS) is 12.9. The average Bonchev–Trinajstić information content (AvgIpc) is 2.37. The largest absolute Gasteiger partial charge is 0.496 e. The Kier molecular flexibility index (Phi) is 5.97. The lowest BCUT2D eigenvalue weighted by atomic mass is 10.1. The highest BCUT2D eigenvalue weighted by molar-refractivity contribution is 7.89. The van der Waals surface area contributed by atoms with Crippen LogP contribution in [0.4, 0.5) is 0 Å². The van der Waals surface area contributed by atoms with Gasteiger partial charge in [0.15, 0.2) is 0 Å². The summed E-state index contributed by atoms with van der Waals surface area (Å²) in [6, 6.07) is 6.69. The number of carboxylic acids is 1. The zero-order valence-corrected chi connectivity index (χ0v) is 12.3. The van der Waals surface area contributed by atoms with Crippen LogP contribution in [0.2, 0.25) is 0 Å². The molecule has 0 fully saturated rings. The summed E-state index contributed by atoms with van der Waals surface area (Å²) in [6.45, 7) is 1.71. The van der Waals surface area contributed by atoms with Crippen LogP contribution in [0.1, 0.15) is 31.4 Å². The molecule has 0 amide bonds. The van der Waals surface area contributed by atoms with E-state index in [0.29, 0.717) is 5.75 Å². The van der Waals surface area contributed by atoms with Gasteiger partial charge in [-0.15, -0.1) is 0 Å². The Morgan fingerprint density at radius 2 is 2.05 bits per heavy atom. The standard InChI is InChI=1S/C13H19NO5S/c1-10(11-6-3-4-7-12(11)19-2)14-20(17,18)9-5-8-13(15)16/h3-4,6-7,10,14H,5,8-9H2,1-2H3,(H,15,16). The van der Waals surface area contributed by atoms with Crippen LogP contribution in [0.5, 0.6) is 5.75 Å². The minimum atomic E-state index is -3.52. The number of benzene rings is 1. The average molecular weight is 301 g/mol. The van der Waals surface area contributed by atoms with E-state index in [9.17, 15) is 13.2 Å². The third kappa shape index (κ3) is 5.18. The van der Waals surface area contributed by atoms with Gasteiger partial charge in [-0.3, -0.25) is 4.79 Å². The summed E-state index contributed by atoms with van der Waals surface area (Å²) in [5, 5.41) is 8.51. The fraction of sp³-hybridized carbons (Fsp3) is 0.462. The highest BCUT2D eigenvalue weighted by Crippen LogP contribution is 2.24. The second-order valence-corrected chi connectivity index (χ2v) is 6.27. The van der Waals surface area contributed by atoms with E-state index < -0.39 is 22.0 Å². The third-order valence-electron chi connectivity index (χ3n) is 2.77. The zero-order valence-electron chi connectivity index (χ0n) is 11.5. The smallest absolute Gasteiger partial charge is 0.303 e. The van der Waals surface area contributed by atoms with Crippen LogP contribution >= 0.6 is 0 Å². The Morgan fingerprint density at radius 3 is 2.65 bits per heavy atom. The van der Waals surface area contributed by atoms with Gasteiger partial charge in [0, 0.05) is 18.0 Å². The molecule has 1 aromatic carbocycles. The molecule has 2 N–H and O–H groups in total. The van der Waals surface area contributed by atoms with E-state index in [1.165, 1.54) is 7.11 Å². The molecule has 0 radical (unpaired) electrons. The van der Waals surface area contributed by atoms with Crippen LogP contribution in [-0.2, 0) is 14.8 Å². The van der Waals surface area contributed by atoms with Crippen molar-refractivity contribution in [2.45, 2.75) is 25.8 Å². The van der Waals surface area contributed by atoms with Gasteiger partial charge >= 0.3 is 5.97 Å². The number of carboxylic acid groups (broad SMARTS) is 1. The van der Waals surface area contributed by atoms with E-state index in [4.69, 9.17) is 9.84 Å². The van der Waals surface area contributed by atoms with Gasteiger partial charge in [-0.1, -0.05) is 18.2 Å². The SMILES string of the molecule is COc1ccccc1C(C)NS(=O)(=O)CCCC(=O)O. The molecule has 0 saturated carbocycles. The molecule has 112 valence electrons. The second-order valence-electron chi connectivity index (χ2n) is 4.40. The molecule has 7 heteroatoms. The maximum Gasteiger partial charge on any atom is 0.303 e. The van der Waals surface area contributed by atoms with Crippen LogP contribution in [-0.4, -0.2) is 32.4 Å². The quantitative estimate of drug-likeness (QED) is 0.760. The fourth-order valence-electron chi connectivity index (χ4n) is 1.83. The first-order valence-electron chi connectivity index (χ1n) is 6.20. The zero-order chi connectivity index (χ0) is 15.2. The van der Waals surface area contributed by atoms with Crippen molar-refractivity contribution in [2.24, 2.45) is 0 Å². The van der Waals surface area contributed by atoms with Crippen LogP contribution in [0.25, 0.3) is 0 Å². The van der Waals surface area contributed by atoms with Gasteiger partial charge in [0.25, 0.3) is 0 Å². The summed E-state index contributed by atoms with van der Waals surface area (Å²) in [5.74, 6) is -0.607. The van der Waals surface area contributed by atoms with Gasteiger partial charge in [-0.25, -0.2) is 13.1 Å². The summed E-state index contributed by atoms with van der Waals surface area (Å²) in [5.41, 5.74) is 0.733. The Hall–Kier alpha value is -1.60.